The van der Waals surface area contributed by atoms with Gasteiger partial charge in [0.2, 0.25) is 0 Å². The Morgan fingerprint density at radius 2 is 1.63 bits per heavy atom. The lowest BCUT2D eigenvalue weighted by atomic mass is 9.93. The van der Waals surface area contributed by atoms with Crippen molar-refractivity contribution in [2.75, 3.05) is 13.7 Å². The summed E-state index contributed by atoms with van der Waals surface area (Å²) in [6, 6.07) is 22.5. The van der Waals surface area contributed by atoms with Crippen LogP contribution in [0, 0.1) is 5.82 Å². The summed E-state index contributed by atoms with van der Waals surface area (Å²) in [6.45, 7) is 0.353. The van der Waals surface area contributed by atoms with Gasteiger partial charge in [-0.1, -0.05) is 60.7 Å². The van der Waals surface area contributed by atoms with Crippen LogP contribution in [0.2, 0.25) is 0 Å². The van der Waals surface area contributed by atoms with Gasteiger partial charge in [0, 0.05) is 17.7 Å². The largest absolute Gasteiger partial charge is 0.503 e. The number of nitrogens with zero attached hydrogens (tertiary/aromatic N) is 1. The standard InChI is InChI=1S/C25H22FNO3/c1-30-19-13-11-18(12-14-19)22-23(20-9-5-6-10-21(20)26)27(25(29)24(22)28)16-15-17-7-3-2-4-8-17/h2-14,23,28H,15-16H2,1H3. The van der Waals surface area contributed by atoms with Crippen LogP contribution >= 0.6 is 0 Å². The molecule has 1 aliphatic rings. The minimum Gasteiger partial charge on any atom is -0.503 e. The topological polar surface area (TPSA) is 49.8 Å². The highest BCUT2D eigenvalue weighted by molar-refractivity contribution is 6.05. The number of methoxy groups -OCH3 is 1. The Bertz CT molecular complexity index is 1080. The van der Waals surface area contributed by atoms with E-state index >= 15 is 0 Å². The smallest absolute Gasteiger partial charge is 0.289 e. The Morgan fingerprint density at radius 3 is 2.30 bits per heavy atom. The second-order valence-corrected chi connectivity index (χ2v) is 7.15. The van der Waals surface area contributed by atoms with Crippen LogP contribution in [0.3, 0.4) is 0 Å². The minimum atomic E-state index is -0.712. The highest BCUT2D eigenvalue weighted by atomic mass is 19.1. The van der Waals surface area contributed by atoms with Gasteiger partial charge < -0.3 is 14.7 Å². The number of carbonyl (C=O) groups excluding carboxylic acids is 1. The fourth-order valence-electron chi connectivity index (χ4n) is 3.86. The summed E-state index contributed by atoms with van der Waals surface area (Å²) < 4.78 is 20.0. The molecule has 1 N–H and O–H groups in total. The fourth-order valence-corrected chi connectivity index (χ4v) is 3.86. The lowest BCUT2D eigenvalue weighted by molar-refractivity contribution is -0.129. The van der Waals surface area contributed by atoms with E-state index in [1.807, 2.05) is 30.3 Å². The second-order valence-electron chi connectivity index (χ2n) is 7.15. The van der Waals surface area contributed by atoms with Crippen molar-refractivity contribution in [3.8, 4) is 5.75 Å². The third-order valence-corrected chi connectivity index (χ3v) is 5.39. The van der Waals surface area contributed by atoms with Crippen LogP contribution in [-0.4, -0.2) is 29.6 Å². The number of halogens is 1. The average Bonchev–Trinajstić information content (AvgIpc) is 3.03. The third-order valence-electron chi connectivity index (χ3n) is 5.39. The summed E-state index contributed by atoms with van der Waals surface area (Å²) in [6.07, 6.45) is 0.598. The van der Waals surface area contributed by atoms with Gasteiger partial charge in [0.1, 0.15) is 11.6 Å². The molecule has 4 rings (SSSR count). The van der Waals surface area contributed by atoms with Crippen molar-refractivity contribution in [2.24, 2.45) is 0 Å². The van der Waals surface area contributed by atoms with Crippen LogP contribution in [0.25, 0.3) is 5.57 Å². The zero-order valence-corrected chi connectivity index (χ0v) is 16.6. The Morgan fingerprint density at radius 1 is 0.967 bits per heavy atom. The van der Waals surface area contributed by atoms with E-state index in [9.17, 15) is 14.3 Å². The van der Waals surface area contributed by atoms with Crippen molar-refractivity contribution in [3.05, 3.63) is 107 Å². The molecule has 1 atom stereocenters. The molecular weight excluding hydrogens is 381 g/mol. The summed E-state index contributed by atoms with van der Waals surface area (Å²) >= 11 is 0. The Kier molecular flexibility index (Phi) is 5.53. The van der Waals surface area contributed by atoms with Gasteiger partial charge in [0.25, 0.3) is 5.91 Å². The van der Waals surface area contributed by atoms with Gasteiger partial charge in [-0.05, 0) is 35.7 Å². The van der Waals surface area contributed by atoms with Crippen molar-refractivity contribution in [1.29, 1.82) is 0 Å². The molecule has 5 heteroatoms. The van der Waals surface area contributed by atoms with Crippen molar-refractivity contribution in [1.82, 2.24) is 4.90 Å². The van der Waals surface area contributed by atoms with Crippen LogP contribution < -0.4 is 4.74 Å². The molecule has 3 aromatic carbocycles. The molecule has 0 radical (unpaired) electrons. The maximum atomic E-state index is 14.8. The first-order chi connectivity index (χ1) is 14.6. The van der Waals surface area contributed by atoms with Crippen molar-refractivity contribution >= 4 is 11.5 Å². The third kappa shape index (κ3) is 3.66. The molecule has 0 fully saturated rings. The summed E-state index contributed by atoms with van der Waals surface area (Å²) in [4.78, 5) is 14.5. The molecule has 0 saturated carbocycles. The molecule has 1 aliphatic heterocycles. The van der Waals surface area contributed by atoms with E-state index < -0.39 is 17.8 Å². The van der Waals surface area contributed by atoms with Crippen LogP contribution in [0.1, 0.15) is 22.7 Å². The highest BCUT2D eigenvalue weighted by Crippen LogP contribution is 2.44. The number of aliphatic hydroxyl groups excluding tert-OH is 1. The first-order valence-electron chi connectivity index (χ1n) is 9.77. The molecule has 3 aromatic rings. The van der Waals surface area contributed by atoms with E-state index in [0.29, 0.717) is 35.4 Å². The van der Waals surface area contributed by atoms with E-state index in [0.717, 1.165) is 5.56 Å². The van der Waals surface area contributed by atoms with Gasteiger partial charge in [-0.15, -0.1) is 0 Å². The number of hydrogen-bond acceptors (Lipinski definition) is 3. The highest BCUT2D eigenvalue weighted by Gasteiger charge is 2.41. The average molecular weight is 403 g/mol. The number of benzene rings is 3. The van der Waals surface area contributed by atoms with E-state index in [1.165, 1.54) is 6.07 Å². The number of rotatable bonds is 6. The molecule has 0 aliphatic carbocycles. The summed E-state index contributed by atoms with van der Waals surface area (Å²) in [5, 5.41) is 10.8. The molecular formula is C25H22FNO3. The van der Waals surface area contributed by atoms with Gasteiger partial charge in [-0.3, -0.25) is 4.79 Å². The van der Waals surface area contributed by atoms with Crippen LogP contribution in [0.15, 0.2) is 84.6 Å². The SMILES string of the molecule is COc1ccc(C2=C(O)C(=O)N(CCc3ccccc3)C2c2ccccc2F)cc1. The molecule has 30 heavy (non-hydrogen) atoms. The van der Waals surface area contributed by atoms with Crippen LogP contribution in [-0.2, 0) is 11.2 Å². The molecule has 4 nitrogen and oxygen atoms in total. The fraction of sp³-hybridized carbons (Fsp3) is 0.160. The van der Waals surface area contributed by atoms with Gasteiger partial charge in [-0.25, -0.2) is 4.39 Å². The Balaban J connectivity index is 1.75. The van der Waals surface area contributed by atoms with Gasteiger partial charge >= 0.3 is 0 Å². The van der Waals surface area contributed by atoms with E-state index in [2.05, 4.69) is 0 Å². The predicted octanol–water partition coefficient (Wildman–Crippen LogP) is 4.93. The number of ether oxygens (including phenoxy) is 1. The molecule has 1 amide bonds. The molecule has 0 aromatic heterocycles. The normalized spacial score (nSPS) is 16.3. The van der Waals surface area contributed by atoms with Crippen LogP contribution in [0.5, 0.6) is 5.75 Å². The van der Waals surface area contributed by atoms with Gasteiger partial charge in [-0.2, -0.15) is 0 Å². The minimum absolute atomic E-state index is 0.346. The maximum Gasteiger partial charge on any atom is 0.289 e. The van der Waals surface area contributed by atoms with E-state index in [1.54, 1.807) is 54.5 Å². The van der Waals surface area contributed by atoms with Crippen LogP contribution in [0.4, 0.5) is 4.39 Å². The molecule has 0 saturated heterocycles. The number of amides is 1. The van der Waals surface area contributed by atoms with Gasteiger partial charge in [0.05, 0.1) is 13.2 Å². The molecule has 1 unspecified atom stereocenters. The molecule has 152 valence electrons. The first-order valence-corrected chi connectivity index (χ1v) is 9.77. The quantitative estimate of drug-likeness (QED) is 0.635. The lowest BCUT2D eigenvalue weighted by Gasteiger charge is -2.27. The maximum absolute atomic E-state index is 14.8. The Labute approximate surface area is 174 Å². The van der Waals surface area contributed by atoms with Crippen molar-refractivity contribution in [2.45, 2.75) is 12.5 Å². The molecule has 1 heterocycles. The number of carbonyl (C=O) groups is 1. The van der Waals surface area contributed by atoms with E-state index in [4.69, 9.17) is 4.74 Å². The van der Waals surface area contributed by atoms with Gasteiger partial charge in [0.15, 0.2) is 5.76 Å². The monoisotopic (exact) mass is 403 g/mol. The molecule has 0 bridgehead atoms. The van der Waals surface area contributed by atoms with Crippen molar-refractivity contribution in [3.63, 3.8) is 0 Å². The van der Waals surface area contributed by atoms with E-state index in [-0.39, 0.29) is 5.76 Å². The van der Waals surface area contributed by atoms with Crippen molar-refractivity contribution < 1.29 is 19.0 Å². The zero-order valence-electron chi connectivity index (χ0n) is 16.6. The predicted molar refractivity (Wildman–Crippen MR) is 114 cm³/mol. The first kappa shape index (κ1) is 19.7. The number of aliphatic hydroxyl groups is 1. The summed E-state index contributed by atoms with van der Waals surface area (Å²) in [5.74, 6) is -0.598. The zero-order chi connectivity index (χ0) is 21.1. The lowest BCUT2D eigenvalue weighted by Crippen LogP contribution is -2.32. The molecule has 0 spiro atoms. The number of hydrogen-bond donors (Lipinski definition) is 1. The Hall–Kier alpha value is -3.60. The summed E-state index contributed by atoms with van der Waals surface area (Å²) in [5.41, 5.74) is 2.47. The second kappa shape index (κ2) is 8.41. The summed E-state index contributed by atoms with van der Waals surface area (Å²) in [7, 11) is 1.57.